The zero-order valence-electron chi connectivity index (χ0n) is 15.9. The van der Waals surface area contributed by atoms with Crippen molar-refractivity contribution in [3.8, 4) is 6.07 Å². The summed E-state index contributed by atoms with van der Waals surface area (Å²) in [6.07, 6.45) is 3.08. The van der Waals surface area contributed by atoms with Crippen LogP contribution in [0.15, 0.2) is 23.1 Å². The second-order valence-electron chi connectivity index (χ2n) is 6.94. The first-order valence-corrected chi connectivity index (χ1v) is 9.47. The molecule has 0 saturated carbocycles. The van der Waals surface area contributed by atoms with Gasteiger partial charge in [0, 0.05) is 44.5 Å². The molecule has 142 valence electrons. The lowest BCUT2D eigenvalue weighted by atomic mass is 10.1. The zero-order chi connectivity index (χ0) is 19.4. The Morgan fingerprint density at radius 2 is 2.04 bits per heavy atom. The van der Waals surface area contributed by atoms with Crippen molar-refractivity contribution in [1.82, 2.24) is 19.8 Å². The van der Waals surface area contributed by atoms with Crippen LogP contribution in [0.2, 0.25) is 0 Å². The van der Waals surface area contributed by atoms with Crippen LogP contribution in [0.25, 0.3) is 11.0 Å². The zero-order valence-corrected chi connectivity index (χ0v) is 15.9. The summed E-state index contributed by atoms with van der Waals surface area (Å²) in [5.41, 5.74) is 3.27. The van der Waals surface area contributed by atoms with Crippen molar-refractivity contribution >= 4 is 16.9 Å². The molecule has 2 aromatic heterocycles. The highest BCUT2D eigenvalue weighted by Gasteiger charge is 2.26. The molecule has 1 saturated heterocycles. The Morgan fingerprint density at radius 3 is 2.67 bits per heavy atom. The first-order valence-electron chi connectivity index (χ1n) is 9.47. The molecular formula is C20H25N5O2. The summed E-state index contributed by atoms with van der Waals surface area (Å²) in [4.78, 5) is 35.8. The van der Waals surface area contributed by atoms with Crippen molar-refractivity contribution < 1.29 is 4.79 Å². The topological polar surface area (TPSA) is 93.1 Å². The number of nitriles is 1. The number of rotatable bonds is 5. The average Bonchev–Trinajstić information content (AvgIpc) is 2.69. The maximum absolute atomic E-state index is 12.3. The number of hydrogen-bond donors (Lipinski definition) is 1. The molecule has 3 heterocycles. The van der Waals surface area contributed by atoms with Crippen molar-refractivity contribution in [1.29, 1.82) is 5.26 Å². The number of aromatic amines is 1. The summed E-state index contributed by atoms with van der Waals surface area (Å²) in [5, 5.41) is 9.07. The second kappa shape index (κ2) is 8.31. The number of aromatic nitrogens is 2. The predicted octanol–water partition coefficient (Wildman–Crippen LogP) is 1.68. The molecule has 1 unspecified atom stereocenters. The van der Waals surface area contributed by atoms with Crippen LogP contribution in [0.4, 0.5) is 0 Å². The fourth-order valence-electron chi connectivity index (χ4n) is 3.44. The van der Waals surface area contributed by atoms with Gasteiger partial charge in [-0.2, -0.15) is 5.26 Å². The Hall–Kier alpha value is -2.72. The highest BCUT2D eigenvalue weighted by molar-refractivity contribution is 5.81. The molecule has 1 amide bonds. The molecule has 7 heteroatoms. The van der Waals surface area contributed by atoms with Gasteiger partial charge in [-0.15, -0.1) is 0 Å². The molecule has 1 aliphatic heterocycles. The summed E-state index contributed by atoms with van der Waals surface area (Å²) in [5.74, 6) is -0.595. The van der Waals surface area contributed by atoms with Crippen molar-refractivity contribution in [2.24, 2.45) is 5.92 Å². The van der Waals surface area contributed by atoms with E-state index in [1.54, 1.807) is 4.90 Å². The normalized spacial score (nSPS) is 16.3. The molecule has 27 heavy (non-hydrogen) atoms. The van der Waals surface area contributed by atoms with Crippen LogP contribution in [-0.2, 0) is 17.8 Å². The second-order valence-corrected chi connectivity index (χ2v) is 6.94. The van der Waals surface area contributed by atoms with E-state index < -0.39 is 5.92 Å². The Bertz CT molecular complexity index is 922. The van der Waals surface area contributed by atoms with Crippen LogP contribution >= 0.6 is 0 Å². The predicted molar refractivity (Wildman–Crippen MR) is 103 cm³/mol. The highest BCUT2D eigenvalue weighted by atomic mass is 16.2. The lowest BCUT2D eigenvalue weighted by Crippen LogP contribution is -2.49. The van der Waals surface area contributed by atoms with Gasteiger partial charge in [-0.3, -0.25) is 19.5 Å². The smallest absolute Gasteiger partial charge is 0.251 e. The molecule has 0 spiro atoms. The number of carbonyl (C=O) groups excluding carboxylic acids is 1. The third-order valence-electron chi connectivity index (χ3n) is 5.16. The van der Waals surface area contributed by atoms with Crippen LogP contribution < -0.4 is 5.56 Å². The van der Waals surface area contributed by atoms with E-state index in [2.05, 4.69) is 20.9 Å². The maximum atomic E-state index is 12.3. The monoisotopic (exact) mass is 367 g/mol. The number of hydrogen-bond acceptors (Lipinski definition) is 5. The lowest BCUT2D eigenvalue weighted by Gasteiger charge is -2.35. The molecule has 1 fully saturated rings. The van der Waals surface area contributed by atoms with E-state index in [0.717, 1.165) is 41.8 Å². The molecule has 0 bridgehead atoms. The van der Waals surface area contributed by atoms with E-state index in [0.29, 0.717) is 25.9 Å². The molecule has 0 aromatic carbocycles. The van der Waals surface area contributed by atoms with E-state index in [-0.39, 0.29) is 11.5 Å². The Kier molecular flexibility index (Phi) is 5.87. The molecule has 1 atom stereocenters. The Labute approximate surface area is 158 Å². The molecule has 0 radical (unpaired) electrons. The van der Waals surface area contributed by atoms with E-state index in [1.165, 1.54) is 0 Å². The molecule has 1 aliphatic rings. The number of carbonyl (C=O) groups is 1. The number of H-pyrrole nitrogens is 1. The van der Waals surface area contributed by atoms with Crippen LogP contribution in [0.1, 0.15) is 31.4 Å². The SMILES string of the molecule is CCc1cc2ncc(CN3CCN(C(=O)C(C#N)CC)CC3)cc2[nH]c1=O. The van der Waals surface area contributed by atoms with Gasteiger partial charge >= 0.3 is 0 Å². The van der Waals surface area contributed by atoms with E-state index >= 15 is 0 Å². The molecule has 3 rings (SSSR count). The number of nitrogens with one attached hydrogen (secondary N) is 1. The van der Waals surface area contributed by atoms with Crippen LogP contribution in [0, 0.1) is 17.2 Å². The summed E-state index contributed by atoms with van der Waals surface area (Å²) in [7, 11) is 0. The van der Waals surface area contributed by atoms with Gasteiger partial charge in [-0.25, -0.2) is 0 Å². The summed E-state index contributed by atoms with van der Waals surface area (Å²) < 4.78 is 0. The lowest BCUT2D eigenvalue weighted by molar-refractivity contribution is -0.135. The molecule has 0 aliphatic carbocycles. The van der Waals surface area contributed by atoms with Gasteiger partial charge in [0.25, 0.3) is 5.56 Å². The van der Waals surface area contributed by atoms with Crippen LogP contribution in [0.5, 0.6) is 0 Å². The minimum atomic E-state index is -0.536. The van der Waals surface area contributed by atoms with Gasteiger partial charge in [-0.05, 0) is 30.5 Å². The van der Waals surface area contributed by atoms with Crippen LogP contribution in [-0.4, -0.2) is 51.9 Å². The van der Waals surface area contributed by atoms with E-state index in [4.69, 9.17) is 5.26 Å². The van der Waals surface area contributed by atoms with Gasteiger partial charge in [0.15, 0.2) is 0 Å². The van der Waals surface area contributed by atoms with Gasteiger partial charge in [-0.1, -0.05) is 13.8 Å². The molecule has 1 N–H and O–H groups in total. The maximum Gasteiger partial charge on any atom is 0.251 e. The molecule has 7 nitrogen and oxygen atoms in total. The van der Waals surface area contributed by atoms with Gasteiger partial charge < -0.3 is 9.88 Å². The average molecular weight is 367 g/mol. The van der Waals surface area contributed by atoms with Crippen molar-refractivity contribution in [3.05, 3.63) is 39.8 Å². The third kappa shape index (κ3) is 4.17. The number of piperazine rings is 1. The summed E-state index contributed by atoms with van der Waals surface area (Å²) in [6, 6.07) is 5.91. The summed E-state index contributed by atoms with van der Waals surface area (Å²) >= 11 is 0. The molecule has 2 aromatic rings. The number of amides is 1. The quantitative estimate of drug-likeness (QED) is 0.868. The van der Waals surface area contributed by atoms with Crippen molar-refractivity contribution in [3.63, 3.8) is 0 Å². The van der Waals surface area contributed by atoms with Crippen molar-refractivity contribution in [2.45, 2.75) is 33.2 Å². The fraction of sp³-hybridized carbons (Fsp3) is 0.500. The number of aryl methyl sites for hydroxylation is 1. The summed E-state index contributed by atoms with van der Waals surface area (Å²) in [6.45, 7) is 7.33. The first-order chi connectivity index (χ1) is 13.0. The Morgan fingerprint density at radius 1 is 1.30 bits per heavy atom. The van der Waals surface area contributed by atoms with Gasteiger partial charge in [0.1, 0.15) is 5.92 Å². The van der Waals surface area contributed by atoms with Gasteiger partial charge in [0.05, 0.1) is 17.1 Å². The Balaban J connectivity index is 1.64. The minimum absolute atomic E-state index is 0.0564. The number of pyridine rings is 2. The number of fused-ring (bicyclic) bond motifs is 1. The van der Waals surface area contributed by atoms with Crippen LogP contribution in [0.3, 0.4) is 0 Å². The van der Waals surface area contributed by atoms with Crippen molar-refractivity contribution in [2.75, 3.05) is 26.2 Å². The standard InChI is InChI=1S/C20H25N5O2/c1-3-15-10-17-18(23-19(15)26)9-14(12-22-17)13-24-5-7-25(8-6-24)20(27)16(4-2)11-21/h9-10,12,16H,3-8,13H2,1-2H3,(H,23,26). The van der Waals surface area contributed by atoms with E-state index in [9.17, 15) is 9.59 Å². The fourth-order valence-corrected chi connectivity index (χ4v) is 3.44. The molecular weight excluding hydrogens is 342 g/mol. The minimum Gasteiger partial charge on any atom is -0.339 e. The third-order valence-corrected chi connectivity index (χ3v) is 5.16. The number of nitrogens with zero attached hydrogens (tertiary/aromatic N) is 4. The first kappa shape index (κ1) is 19.1. The van der Waals surface area contributed by atoms with E-state index in [1.807, 2.05) is 32.2 Å². The largest absolute Gasteiger partial charge is 0.339 e. The van der Waals surface area contributed by atoms with Gasteiger partial charge in [0.2, 0.25) is 5.91 Å². The highest BCUT2D eigenvalue weighted by Crippen LogP contribution is 2.15.